The molecule has 16 heavy (non-hydrogen) atoms. The molecule has 0 saturated carbocycles. The fourth-order valence-corrected chi connectivity index (χ4v) is 1.65. The lowest BCUT2D eigenvalue weighted by Gasteiger charge is -2.02. The molecule has 6 heteroatoms. The van der Waals surface area contributed by atoms with Crippen LogP contribution < -0.4 is 11.4 Å². The van der Waals surface area contributed by atoms with Crippen LogP contribution in [0.5, 0.6) is 0 Å². The van der Waals surface area contributed by atoms with Crippen molar-refractivity contribution in [3.63, 3.8) is 0 Å². The summed E-state index contributed by atoms with van der Waals surface area (Å²) in [6, 6.07) is 7.10. The first kappa shape index (κ1) is 10.8. The third-order valence-electron chi connectivity index (χ3n) is 2.31. The largest absolute Gasteiger partial charge is 0.346 e. The predicted molar refractivity (Wildman–Crippen MR) is 60.8 cm³/mol. The summed E-state index contributed by atoms with van der Waals surface area (Å²) in [7, 11) is 1.49. The third kappa shape index (κ3) is 1.81. The normalized spacial score (nSPS) is 10.6. The summed E-state index contributed by atoms with van der Waals surface area (Å²) < 4.78 is 2.24. The molecule has 1 N–H and O–H groups in total. The highest BCUT2D eigenvalue weighted by atomic mass is 35.5. The van der Waals surface area contributed by atoms with Crippen molar-refractivity contribution in [2.24, 2.45) is 7.05 Å². The number of aromatic nitrogens is 3. The summed E-state index contributed by atoms with van der Waals surface area (Å²) >= 11 is 5.95. The van der Waals surface area contributed by atoms with Crippen LogP contribution in [0.1, 0.15) is 5.56 Å². The second-order valence-electron chi connectivity index (χ2n) is 3.44. The van der Waals surface area contributed by atoms with Gasteiger partial charge in [-0.25, -0.2) is 23.9 Å². The van der Waals surface area contributed by atoms with Gasteiger partial charge < -0.3 is 0 Å². The van der Waals surface area contributed by atoms with Gasteiger partial charge in [0.25, 0.3) is 0 Å². The molecule has 2 rings (SSSR count). The molecule has 1 aromatic heterocycles. The molecular weight excluding hydrogens is 230 g/mol. The van der Waals surface area contributed by atoms with E-state index in [2.05, 4.69) is 5.10 Å². The molecule has 1 aromatic carbocycles. The highest BCUT2D eigenvalue weighted by Gasteiger charge is 2.08. The summed E-state index contributed by atoms with van der Waals surface area (Å²) in [6.07, 6.45) is 0. The maximum Gasteiger partial charge on any atom is 0.346 e. The van der Waals surface area contributed by atoms with E-state index in [0.717, 1.165) is 14.8 Å². The molecule has 1 heterocycles. The molecule has 0 fully saturated rings. The first-order valence-corrected chi connectivity index (χ1v) is 5.06. The van der Waals surface area contributed by atoms with E-state index in [1.807, 2.05) is 6.07 Å². The fraction of sp³-hybridized carbons (Fsp3) is 0.200. The highest BCUT2D eigenvalue weighted by Crippen LogP contribution is 2.14. The van der Waals surface area contributed by atoms with Crippen molar-refractivity contribution in [1.29, 1.82) is 0 Å². The summed E-state index contributed by atoms with van der Waals surface area (Å²) in [5, 5.41) is 2.92. The third-order valence-corrected chi connectivity index (χ3v) is 2.68. The number of aryl methyl sites for hydroxylation is 1. The zero-order valence-electron chi connectivity index (χ0n) is 8.61. The molecule has 0 saturated heterocycles. The first-order chi connectivity index (χ1) is 7.59. The minimum Gasteiger partial charge on any atom is -0.246 e. The van der Waals surface area contributed by atoms with E-state index in [0.29, 0.717) is 5.02 Å². The quantitative estimate of drug-likeness (QED) is 0.833. The molecule has 0 atom stereocenters. The minimum atomic E-state index is -0.438. The molecule has 84 valence electrons. The number of nitrogens with zero attached hydrogens (tertiary/aromatic N) is 2. The van der Waals surface area contributed by atoms with E-state index >= 15 is 0 Å². The summed E-state index contributed by atoms with van der Waals surface area (Å²) in [4.78, 5) is 23.0. The van der Waals surface area contributed by atoms with Crippen molar-refractivity contribution in [3.05, 3.63) is 55.8 Å². The number of benzene rings is 1. The molecule has 0 amide bonds. The number of H-pyrrole nitrogens is 1. The maximum absolute atomic E-state index is 11.6. The number of aromatic amines is 1. The Morgan fingerprint density at radius 2 is 2.00 bits per heavy atom. The molecule has 2 aromatic rings. The Bertz CT molecular complexity index is 623. The van der Waals surface area contributed by atoms with Gasteiger partial charge in [0.1, 0.15) is 0 Å². The average Bonchev–Trinajstić information content (AvgIpc) is 2.48. The molecule has 0 radical (unpaired) electrons. The molecule has 0 bridgehead atoms. The minimum absolute atomic E-state index is 0.175. The van der Waals surface area contributed by atoms with Crippen LogP contribution in [0.3, 0.4) is 0 Å². The van der Waals surface area contributed by atoms with Crippen molar-refractivity contribution in [1.82, 2.24) is 14.3 Å². The SMILES string of the molecule is Cn1[nH]c(=O)n(Cc2ccccc2Cl)c1=O. The van der Waals surface area contributed by atoms with Crippen LogP contribution >= 0.6 is 11.6 Å². The Balaban J connectivity index is 2.46. The van der Waals surface area contributed by atoms with E-state index in [9.17, 15) is 9.59 Å². The number of hydrogen-bond acceptors (Lipinski definition) is 2. The predicted octanol–water partition coefficient (Wildman–Crippen LogP) is 0.577. The van der Waals surface area contributed by atoms with E-state index in [4.69, 9.17) is 11.6 Å². The number of nitrogens with one attached hydrogen (secondary N) is 1. The highest BCUT2D eigenvalue weighted by molar-refractivity contribution is 6.31. The number of hydrogen-bond donors (Lipinski definition) is 1. The summed E-state index contributed by atoms with van der Waals surface area (Å²) in [6.45, 7) is 0.175. The topological polar surface area (TPSA) is 59.8 Å². The van der Waals surface area contributed by atoms with Crippen LogP contribution in [-0.4, -0.2) is 14.3 Å². The molecule has 0 spiro atoms. The monoisotopic (exact) mass is 239 g/mol. The van der Waals surface area contributed by atoms with Gasteiger partial charge in [-0.15, -0.1) is 0 Å². The number of rotatable bonds is 2. The second-order valence-corrected chi connectivity index (χ2v) is 3.84. The van der Waals surface area contributed by atoms with Crippen molar-refractivity contribution < 1.29 is 0 Å². The van der Waals surface area contributed by atoms with Gasteiger partial charge in [-0.1, -0.05) is 29.8 Å². The number of halogens is 1. The lowest BCUT2D eigenvalue weighted by Crippen LogP contribution is -2.28. The first-order valence-electron chi connectivity index (χ1n) is 4.69. The standard InChI is InChI=1S/C10H10ClN3O2/c1-13-10(16)14(9(15)12-13)6-7-4-2-3-5-8(7)11/h2-5H,6H2,1H3,(H,12,15). The van der Waals surface area contributed by atoms with E-state index < -0.39 is 5.69 Å². The van der Waals surface area contributed by atoms with Gasteiger partial charge in [0.15, 0.2) is 0 Å². The molecule has 0 unspecified atom stereocenters. The van der Waals surface area contributed by atoms with Gasteiger partial charge in [0.2, 0.25) is 0 Å². The Morgan fingerprint density at radius 1 is 1.31 bits per heavy atom. The Labute approximate surface area is 95.9 Å². The molecule has 0 aliphatic heterocycles. The second kappa shape index (κ2) is 4.02. The van der Waals surface area contributed by atoms with Crippen molar-refractivity contribution in [2.45, 2.75) is 6.54 Å². The zero-order chi connectivity index (χ0) is 11.7. The van der Waals surface area contributed by atoms with Crippen LogP contribution in [0.4, 0.5) is 0 Å². The van der Waals surface area contributed by atoms with Crippen LogP contribution in [0.15, 0.2) is 33.9 Å². The van der Waals surface area contributed by atoms with Crippen LogP contribution in [0.25, 0.3) is 0 Å². The van der Waals surface area contributed by atoms with E-state index in [-0.39, 0.29) is 12.2 Å². The Hall–Kier alpha value is -1.75. The van der Waals surface area contributed by atoms with Crippen LogP contribution in [0, 0.1) is 0 Å². The zero-order valence-corrected chi connectivity index (χ0v) is 9.36. The van der Waals surface area contributed by atoms with E-state index in [1.54, 1.807) is 18.2 Å². The van der Waals surface area contributed by atoms with Gasteiger partial charge in [0, 0.05) is 12.1 Å². The molecule has 5 nitrogen and oxygen atoms in total. The van der Waals surface area contributed by atoms with Crippen molar-refractivity contribution in [3.8, 4) is 0 Å². The summed E-state index contributed by atoms with van der Waals surface area (Å²) in [5.74, 6) is 0. The van der Waals surface area contributed by atoms with Gasteiger partial charge in [-0.05, 0) is 11.6 Å². The van der Waals surface area contributed by atoms with Crippen LogP contribution in [0.2, 0.25) is 5.02 Å². The maximum atomic E-state index is 11.6. The molecule has 0 aliphatic rings. The smallest absolute Gasteiger partial charge is 0.246 e. The van der Waals surface area contributed by atoms with Crippen molar-refractivity contribution in [2.75, 3.05) is 0 Å². The average molecular weight is 240 g/mol. The van der Waals surface area contributed by atoms with Gasteiger partial charge in [-0.2, -0.15) is 0 Å². The molecular formula is C10H10ClN3O2. The fourth-order valence-electron chi connectivity index (χ4n) is 1.46. The van der Waals surface area contributed by atoms with Gasteiger partial charge in [0.05, 0.1) is 6.54 Å². The van der Waals surface area contributed by atoms with Crippen molar-refractivity contribution >= 4 is 11.6 Å². The molecule has 0 aliphatic carbocycles. The summed E-state index contributed by atoms with van der Waals surface area (Å²) in [5.41, 5.74) is -0.0830. The van der Waals surface area contributed by atoms with E-state index in [1.165, 1.54) is 7.05 Å². The lowest BCUT2D eigenvalue weighted by atomic mass is 10.2. The Morgan fingerprint density at radius 3 is 2.56 bits per heavy atom. The lowest BCUT2D eigenvalue weighted by molar-refractivity contribution is 0.690. The van der Waals surface area contributed by atoms with Gasteiger partial charge >= 0.3 is 11.4 Å². The van der Waals surface area contributed by atoms with Gasteiger partial charge in [-0.3, -0.25) is 0 Å². The van der Waals surface area contributed by atoms with Crippen LogP contribution in [-0.2, 0) is 13.6 Å². The Kier molecular flexibility index (Phi) is 2.70.